The van der Waals surface area contributed by atoms with Crippen LogP contribution in [0, 0.1) is 5.92 Å². The quantitative estimate of drug-likeness (QED) is 0.657. The van der Waals surface area contributed by atoms with Crippen LogP contribution in [0.4, 0.5) is 10.5 Å². The van der Waals surface area contributed by atoms with Crippen LogP contribution in [0.2, 0.25) is 0 Å². The van der Waals surface area contributed by atoms with Gasteiger partial charge in [0.25, 0.3) is 0 Å². The minimum atomic E-state index is -0.968. The molecule has 0 aliphatic carbocycles. The Morgan fingerprint density at radius 1 is 1.29 bits per heavy atom. The summed E-state index contributed by atoms with van der Waals surface area (Å²) in [7, 11) is 0. The fraction of sp³-hybridized carbons (Fsp3) is 0.385. The van der Waals surface area contributed by atoms with Crippen LogP contribution in [0.3, 0.4) is 0 Å². The molecule has 8 heteroatoms. The zero-order chi connectivity index (χ0) is 15.7. The minimum Gasteiger partial charge on any atom is -0.480 e. The van der Waals surface area contributed by atoms with E-state index in [1.165, 1.54) is 4.90 Å². The number of carbonyl (C=O) groups excluding carboxylic acids is 1. The van der Waals surface area contributed by atoms with E-state index in [-0.39, 0.29) is 5.92 Å². The second-order valence-electron chi connectivity index (χ2n) is 4.92. The molecular weight excluding hydrogens is 472 g/mol. The molecule has 0 spiro atoms. The highest BCUT2D eigenvalue weighted by Crippen LogP contribution is 2.35. The SMILES string of the molecule is CC1CCN(C(=O)Nc2c(Br)cc(Br)cc2Br)C1C(=O)O. The van der Waals surface area contributed by atoms with E-state index in [0.29, 0.717) is 27.6 Å². The smallest absolute Gasteiger partial charge is 0.326 e. The lowest BCUT2D eigenvalue weighted by molar-refractivity contribution is -0.142. The number of urea groups is 1. The summed E-state index contributed by atoms with van der Waals surface area (Å²) >= 11 is 10.1. The third kappa shape index (κ3) is 3.60. The van der Waals surface area contributed by atoms with Gasteiger partial charge in [0, 0.05) is 20.0 Å². The number of amides is 2. The van der Waals surface area contributed by atoms with E-state index in [9.17, 15) is 14.7 Å². The van der Waals surface area contributed by atoms with Crippen molar-refractivity contribution in [3.05, 3.63) is 25.6 Å². The molecule has 1 saturated heterocycles. The lowest BCUT2D eigenvalue weighted by Crippen LogP contribution is -2.44. The monoisotopic (exact) mass is 482 g/mol. The van der Waals surface area contributed by atoms with E-state index in [2.05, 4.69) is 53.1 Å². The summed E-state index contributed by atoms with van der Waals surface area (Å²) in [5, 5.41) is 12.0. The van der Waals surface area contributed by atoms with E-state index in [1.54, 1.807) is 0 Å². The van der Waals surface area contributed by atoms with Crippen LogP contribution >= 0.6 is 47.8 Å². The number of hydrogen-bond donors (Lipinski definition) is 2. The summed E-state index contributed by atoms with van der Waals surface area (Å²) in [5.74, 6) is -1.02. The van der Waals surface area contributed by atoms with Crippen molar-refractivity contribution in [1.82, 2.24) is 4.90 Å². The number of aliphatic carboxylic acids is 1. The predicted octanol–water partition coefficient (Wildman–Crippen LogP) is 4.30. The third-order valence-electron chi connectivity index (χ3n) is 3.45. The first-order chi connectivity index (χ1) is 9.81. The number of rotatable bonds is 2. The number of carboxylic acid groups (broad SMARTS) is 1. The Bertz CT molecular complexity index is 571. The van der Waals surface area contributed by atoms with Crippen LogP contribution in [0.25, 0.3) is 0 Å². The Morgan fingerprint density at radius 2 is 1.86 bits per heavy atom. The van der Waals surface area contributed by atoms with E-state index < -0.39 is 18.0 Å². The zero-order valence-corrected chi connectivity index (χ0v) is 15.8. The molecule has 114 valence electrons. The Labute approximate surface area is 147 Å². The summed E-state index contributed by atoms with van der Waals surface area (Å²) in [4.78, 5) is 25.0. The molecule has 1 aromatic carbocycles. The van der Waals surface area contributed by atoms with Gasteiger partial charge in [-0.3, -0.25) is 0 Å². The highest BCUT2D eigenvalue weighted by molar-refractivity contribution is 9.11. The number of nitrogens with one attached hydrogen (secondary N) is 1. The first-order valence-electron chi connectivity index (χ1n) is 6.26. The van der Waals surface area contributed by atoms with Crippen molar-refractivity contribution < 1.29 is 14.7 Å². The molecule has 2 unspecified atom stereocenters. The lowest BCUT2D eigenvalue weighted by atomic mass is 10.0. The van der Waals surface area contributed by atoms with Crippen molar-refractivity contribution in [3.63, 3.8) is 0 Å². The molecule has 2 atom stereocenters. The number of halogens is 3. The number of carbonyl (C=O) groups is 2. The van der Waals surface area contributed by atoms with Crippen molar-refractivity contribution in [3.8, 4) is 0 Å². The van der Waals surface area contributed by atoms with E-state index >= 15 is 0 Å². The molecule has 0 bridgehead atoms. The maximum Gasteiger partial charge on any atom is 0.326 e. The van der Waals surface area contributed by atoms with Gasteiger partial charge in [-0.25, -0.2) is 9.59 Å². The van der Waals surface area contributed by atoms with Crippen LogP contribution in [0.1, 0.15) is 13.3 Å². The van der Waals surface area contributed by atoms with Crippen LogP contribution in [0.5, 0.6) is 0 Å². The molecular formula is C13H13Br3N2O3. The van der Waals surface area contributed by atoms with Gasteiger partial charge in [-0.05, 0) is 56.3 Å². The fourth-order valence-corrected chi connectivity index (χ4v) is 4.85. The number of anilines is 1. The van der Waals surface area contributed by atoms with E-state index in [4.69, 9.17) is 0 Å². The van der Waals surface area contributed by atoms with E-state index in [1.807, 2.05) is 19.1 Å². The number of likely N-dealkylation sites (tertiary alicyclic amines) is 1. The molecule has 0 saturated carbocycles. The molecule has 0 radical (unpaired) electrons. The van der Waals surface area contributed by atoms with Crippen LogP contribution in [-0.2, 0) is 4.79 Å². The highest BCUT2D eigenvalue weighted by atomic mass is 79.9. The average molecular weight is 485 g/mol. The zero-order valence-electron chi connectivity index (χ0n) is 11.1. The molecule has 1 aliphatic rings. The topological polar surface area (TPSA) is 69.6 Å². The van der Waals surface area contributed by atoms with Crippen LogP contribution < -0.4 is 5.32 Å². The first-order valence-corrected chi connectivity index (χ1v) is 8.64. The van der Waals surface area contributed by atoms with Gasteiger partial charge in [0.2, 0.25) is 0 Å². The van der Waals surface area contributed by atoms with Crippen molar-refractivity contribution in [2.45, 2.75) is 19.4 Å². The standard InChI is InChI=1S/C13H13Br3N2O3/c1-6-2-3-18(11(6)12(19)20)13(21)17-10-8(15)4-7(14)5-9(10)16/h4-6,11H,2-3H2,1H3,(H,17,21)(H,19,20). The van der Waals surface area contributed by atoms with Crippen LogP contribution in [0.15, 0.2) is 25.6 Å². The Morgan fingerprint density at radius 3 is 2.38 bits per heavy atom. The molecule has 1 aromatic rings. The number of benzene rings is 1. The third-order valence-corrected chi connectivity index (χ3v) is 5.16. The number of carboxylic acids is 1. The summed E-state index contributed by atoms with van der Waals surface area (Å²) in [6, 6.07) is 2.43. The molecule has 2 rings (SSSR count). The molecule has 1 heterocycles. The molecule has 2 amide bonds. The van der Waals surface area contributed by atoms with Gasteiger partial charge in [0.05, 0.1) is 5.69 Å². The summed E-state index contributed by atoms with van der Waals surface area (Å²) in [6.45, 7) is 2.28. The molecule has 1 fully saturated rings. The van der Waals surface area contributed by atoms with Gasteiger partial charge in [-0.15, -0.1) is 0 Å². The molecule has 1 aliphatic heterocycles. The Balaban J connectivity index is 2.21. The summed E-state index contributed by atoms with van der Waals surface area (Å²) in [5.41, 5.74) is 0.576. The minimum absolute atomic E-state index is 0.0509. The van der Waals surface area contributed by atoms with Gasteiger partial charge in [0.15, 0.2) is 0 Å². The maximum atomic E-state index is 12.4. The van der Waals surface area contributed by atoms with Crippen molar-refractivity contribution in [1.29, 1.82) is 0 Å². The fourth-order valence-electron chi connectivity index (χ4n) is 2.39. The van der Waals surface area contributed by atoms with Crippen molar-refractivity contribution in [2.75, 3.05) is 11.9 Å². The van der Waals surface area contributed by atoms with Gasteiger partial charge in [-0.1, -0.05) is 22.9 Å². The Hall–Kier alpha value is -0.600. The second kappa shape index (κ2) is 6.66. The first kappa shape index (κ1) is 16.8. The second-order valence-corrected chi connectivity index (χ2v) is 7.54. The molecule has 0 aromatic heterocycles. The van der Waals surface area contributed by atoms with Gasteiger partial charge < -0.3 is 15.3 Å². The lowest BCUT2D eigenvalue weighted by Gasteiger charge is -2.24. The van der Waals surface area contributed by atoms with Gasteiger partial charge >= 0.3 is 12.0 Å². The highest BCUT2D eigenvalue weighted by Gasteiger charge is 2.39. The van der Waals surface area contributed by atoms with Gasteiger partial charge in [-0.2, -0.15) is 0 Å². The Kier molecular flexibility index (Phi) is 5.32. The maximum absolute atomic E-state index is 12.4. The predicted molar refractivity (Wildman–Crippen MR) is 90.5 cm³/mol. The molecule has 5 nitrogen and oxygen atoms in total. The summed E-state index contributed by atoms with van der Waals surface area (Å²) in [6.07, 6.45) is 0.688. The normalized spacial score (nSPS) is 21.4. The van der Waals surface area contributed by atoms with Crippen LogP contribution in [-0.4, -0.2) is 34.6 Å². The van der Waals surface area contributed by atoms with Crippen molar-refractivity contribution >= 4 is 65.5 Å². The number of hydrogen-bond acceptors (Lipinski definition) is 2. The summed E-state index contributed by atoms with van der Waals surface area (Å²) < 4.78 is 2.27. The molecule has 21 heavy (non-hydrogen) atoms. The average Bonchev–Trinajstić information content (AvgIpc) is 2.75. The largest absolute Gasteiger partial charge is 0.480 e. The number of nitrogens with zero attached hydrogens (tertiary/aromatic N) is 1. The van der Waals surface area contributed by atoms with E-state index in [0.717, 1.165) is 4.47 Å². The van der Waals surface area contributed by atoms with Gasteiger partial charge in [0.1, 0.15) is 6.04 Å². The van der Waals surface area contributed by atoms with Crippen molar-refractivity contribution in [2.24, 2.45) is 5.92 Å². The molecule has 2 N–H and O–H groups in total.